The van der Waals surface area contributed by atoms with Crippen LogP contribution in [0.25, 0.3) is 43.8 Å². The molecule has 5 heteroatoms. The second-order valence-electron chi connectivity index (χ2n) is 9.49. The first kappa shape index (κ1) is 37.0. The summed E-state index contributed by atoms with van der Waals surface area (Å²) in [6.45, 7) is 11.0. The number of methoxy groups -OCH3 is 2. The van der Waals surface area contributed by atoms with E-state index in [4.69, 9.17) is 9.47 Å². The van der Waals surface area contributed by atoms with Crippen LogP contribution in [-0.2, 0) is 21.7 Å². The quantitative estimate of drug-likeness (QED) is 0.215. The summed E-state index contributed by atoms with van der Waals surface area (Å²) in [5.74, 6) is 1.79. The molecule has 0 fully saturated rings. The zero-order chi connectivity index (χ0) is 27.8. The van der Waals surface area contributed by atoms with E-state index in [0.29, 0.717) is 0 Å². The molecule has 0 aliphatic carbocycles. The van der Waals surface area contributed by atoms with Crippen molar-refractivity contribution in [2.75, 3.05) is 14.2 Å². The fourth-order valence-electron chi connectivity index (χ4n) is 4.81. The van der Waals surface area contributed by atoms with Crippen LogP contribution in [0.4, 0.5) is 0 Å². The molecule has 0 radical (unpaired) electrons. The molecule has 2 nitrogen and oxygen atoms in total. The van der Waals surface area contributed by atoms with Gasteiger partial charge in [-0.1, -0.05) is 61.4 Å². The molecule has 0 aliphatic heterocycles. The molecular weight excluding hydrogens is 595 g/mol. The van der Waals surface area contributed by atoms with Crippen molar-refractivity contribution >= 4 is 21.5 Å². The van der Waals surface area contributed by atoms with Gasteiger partial charge in [0.15, 0.2) is 0 Å². The van der Waals surface area contributed by atoms with Gasteiger partial charge in [-0.25, -0.2) is 0 Å². The summed E-state index contributed by atoms with van der Waals surface area (Å²) < 4.78 is 10.4. The van der Waals surface area contributed by atoms with E-state index in [1.807, 2.05) is 24.3 Å². The minimum atomic E-state index is 0. The van der Waals surface area contributed by atoms with Gasteiger partial charge in [-0.2, -0.15) is 12.1 Å². The van der Waals surface area contributed by atoms with Gasteiger partial charge in [-0.15, -0.1) is 69.1 Å². The van der Waals surface area contributed by atoms with Gasteiger partial charge in [0.25, 0.3) is 0 Å². The smallest absolute Gasteiger partial charge is 1.00 e. The van der Waals surface area contributed by atoms with E-state index in [0.717, 1.165) is 17.9 Å². The average Bonchev–Trinajstić information content (AvgIpc) is 3.54. The van der Waals surface area contributed by atoms with Crippen LogP contribution in [-0.4, -0.2) is 14.2 Å². The van der Waals surface area contributed by atoms with Crippen molar-refractivity contribution in [3.05, 3.63) is 134 Å². The third kappa shape index (κ3) is 9.00. The van der Waals surface area contributed by atoms with Gasteiger partial charge in [0.2, 0.25) is 0 Å². The third-order valence-corrected chi connectivity index (χ3v) is 6.59. The molecule has 0 amide bonds. The second kappa shape index (κ2) is 17.8. The van der Waals surface area contributed by atoms with Gasteiger partial charge in [-0.3, -0.25) is 0 Å². The Balaban J connectivity index is 0.000000361. The van der Waals surface area contributed by atoms with Gasteiger partial charge >= 0.3 is 21.7 Å². The van der Waals surface area contributed by atoms with Gasteiger partial charge in [-0.05, 0) is 35.4 Å². The third-order valence-electron chi connectivity index (χ3n) is 6.59. The summed E-state index contributed by atoms with van der Waals surface area (Å²) in [4.78, 5) is 0. The van der Waals surface area contributed by atoms with Crippen LogP contribution in [0.15, 0.2) is 109 Å². The number of benzene rings is 4. The van der Waals surface area contributed by atoms with Crippen molar-refractivity contribution in [1.29, 1.82) is 0 Å². The molecule has 218 valence electrons. The molecule has 42 heavy (non-hydrogen) atoms. The number of aryl methyl sites for hydroxylation is 2. The fraction of sp³-hybridized carbons (Fsp3) is 0.135. The van der Waals surface area contributed by atoms with Gasteiger partial charge in [0.05, 0.1) is 14.2 Å². The molecule has 6 aromatic carbocycles. The second-order valence-corrected chi connectivity index (χ2v) is 9.49. The SMILES string of the molecule is COc1ccc(-c2cccc3[cH-]c(C)cc23)cc1.COc1ccc(-c2cccc3[cH-]c(C)cc23)cc1.[CH2-]C[CH2-].[Cl-].[Cl-].[Ti+2]. The molecule has 0 aromatic heterocycles. The first-order valence-corrected chi connectivity index (χ1v) is 13.2. The maximum absolute atomic E-state index is 5.20. The number of rotatable bonds is 4. The summed E-state index contributed by atoms with van der Waals surface area (Å²) in [6, 6.07) is 38.3. The van der Waals surface area contributed by atoms with Crippen LogP contribution in [0, 0.1) is 27.7 Å². The van der Waals surface area contributed by atoms with Crippen molar-refractivity contribution < 1.29 is 56.0 Å². The number of hydrogen-bond acceptors (Lipinski definition) is 2. The Kier molecular flexibility index (Phi) is 15.7. The van der Waals surface area contributed by atoms with Crippen molar-refractivity contribution in [3.63, 3.8) is 0 Å². The number of fused-ring (bicyclic) bond motifs is 2. The molecule has 0 spiro atoms. The molecule has 0 saturated heterocycles. The molecule has 0 atom stereocenters. The molecule has 0 bridgehead atoms. The molecule has 6 rings (SSSR count). The van der Waals surface area contributed by atoms with Crippen molar-refractivity contribution in [2.45, 2.75) is 20.3 Å². The van der Waals surface area contributed by atoms with E-state index in [1.165, 1.54) is 54.9 Å². The van der Waals surface area contributed by atoms with E-state index in [9.17, 15) is 0 Å². The minimum Gasteiger partial charge on any atom is -1.00 e. The first-order valence-electron chi connectivity index (χ1n) is 13.2. The van der Waals surface area contributed by atoms with E-state index < -0.39 is 0 Å². The number of ether oxygens (including phenoxy) is 2. The molecule has 6 aromatic rings. The van der Waals surface area contributed by atoms with E-state index in [2.05, 4.69) is 113 Å². The summed E-state index contributed by atoms with van der Waals surface area (Å²) in [7, 11) is 3.38. The Morgan fingerprint density at radius 2 is 0.905 bits per heavy atom. The summed E-state index contributed by atoms with van der Waals surface area (Å²) in [5.41, 5.74) is 7.64. The normalized spacial score (nSPS) is 9.67. The van der Waals surface area contributed by atoms with Gasteiger partial charge in [0.1, 0.15) is 11.5 Å². The van der Waals surface area contributed by atoms with Gasteiger partial charge in [0, 0.05) is 0 Å². The van der Waals surface area contributed by atoms with Crippen molar-refractivity contribution in [2.24, 2.45) is 0 Å². The Bertz CT molecular complexity index is 1510. The Morgan fingerprint density at radius 1 is 0.571 bits per heavy atom. The van der Waals surface area contributed by atoms with E-state index in [-0.39, 0.29) is 46.5 Å². The monoisotopic (exact) mass is 630 g/mol. The molecule has 0 saturated carbocycles. The van der Waals surface area contributed by atoms with Crippen molar-refractivity contribution in [3.8, 4) is 33.8 Å². The summed E-state index contributed by atoms with van der Waals surface area (Å²) >= 11 is 0. The fourth-order valence-corrected chi connectivity index (χ4v) is 4.81. The Morgan fingerprint density at radius 3 is 1.21 bits per heavy atom. The van der Waals surface area contributed by atoms with Crippen LogP contribution in [0.2, 0.25) is 0 Å². The van der Waals surface area contributed by atoms with Crippen LogP contribution in [0.5, 0.6) is 11.5 Å². The predicted octanol–water partition coefficient (Wildman–Crippen LogP) is 4.14. The maximum atomic E-state index is 5.20. The largest absolute Gasteiger partial charge is 2.00 e. The standard InChI is InChI=1S/2C17H15O.C3H6.2ClH.Ti/c2*1-12-10-14-4-3-5-16(17(14)11-12)13-6-8-15(18-2)9-7-13;1-3-2;;;/h2*3-11H,1-2H3;1-3H2;2*1H;/q2*-1;-2;;;+2/p-2. The summed E-state index contributed by atoms with van der Waals surface area (Å²) in [5, 5.41) is 5.25. The topological polar surface area (TPSA) is 18.5 Å². The van der Waals surface area contributed by atoms with Crippen LogP contribution in [0.1, 0.15) is 17.5 Å². The first-order chi connectivity index (χ1) is 19.0. The Hall–Kier alpha value is -3.01. The minimum absolute atomic E-state index is 0. The predicted molar refractivity (Wildman–Crippen MR) is 168 cm³/mol. The van der Waals surface area contributed by atoms with Crippen LogP contribution < -0.4 is 34.3 Å². The number of hydrogen-bond donors (Lipinski definition) is 0. The van der Waals surface area contributed by atoms with Crippen LogP contribution in [0.3, 0.4) is 0 Å². The zero-order valence-corrected chi connectivity index (χ0v) is 27.7. The Labute approximate surface area is 278 Å². The maximum Gasteiger partial charge on any atom is 2.00 e. The molecule has 0 aliphatic rings. The van der Waals surface area contributed by atoms with Gasteiger partial charge < -0.3 is 54.6 Å². The zero-order valence-electron chi connectivity index (χ0n) is 24.6. The number of halogens is 2. The average molecular weight is 631 g/mol. The molecular formula is C37H36Cl2O2Ti-4. The van der Waals surface area contributed by atoms with Crippen LogP contribution >= 0.6 is 0 Å². The van der Waals surface area contributed by atoms with E-state index >= 15 is 0 Å². The molecule has 0 unspecified atom stereocenters. The summed E-state index contributed by atoms with van der Waals surface area (Å²) in [6.07, 6.45) is 0.750. The van der Waals surface area contributed by atoms with Crippen molar-refractivity contribution in [1.82, 2.24) is 0 Å². The molecule has 0 heterocycles. The van der Waals surface area contributed by atoms with E-state index in [1.54, 1.807) is 14.2 Å². The molecule has 0 N–H and O–H groups in total.